The fraction of sp³-hybridized carbons (Fsp3) is 0.609. The van der Waals surface area contributed by atoms with Gasteiger partial charge in [-0.25, -0.2) is 4.89 Å². The van der Waals surface area contributed by atoms with Crippen molar-refractivity contribution in [3.8, 4) is 17.0 Å². The third kappa shape index (κ3) is 2.55. The van der Waals surface area contributed by atoms with Crippen LogP contribution in [0.4, 0.5) is 0 Å². The molecule has 2 aromatic rings. The van der Waals surface area contributed by atoms with Gasteiger partial charge < -0.3 is 9.84 Å². The van der Waals surface area contributed by atoms with Crippen LogP contribution in [0.25, 0.3) is 11.3 Å². The number of hydrogen-bond donors (Lipinski definition) is 2. The summed E-state index contributed by atoms with van der Waals surface area (Å²) in [6.07, 6.45) is 0. The number of H-pyrrole nitrogens is 1. The van der Waals surface area contributed by atoms with Crippen molar-refractivity contribution < 1.29 is 19.6 Å². The molecule has 2 N–H and O–H groups in total. The second kappa shape index (κ2) is 5.84. The molecule has 0 amide bonds. The Morgan fingerprint density at radius 2 is 1.72 bits per heavy atom. The highest BCUT2D eigenvalue weighted by molar-refractivity contribution is 5.68. The second-order valence-corrected chi connectivity index (χ2v) is 11.0. The molecule has 4 rings (SSSR count). The van der Waals surface area contributed by atoms with E-state index in [4.69, 9.17) is 14.5 Å². The number of nitrogens with zero attached hydrogens (tertiary/aromatic N) is 1. The van der Waals surface area contributed by atoms with Crippen molar-refractivity contribution in [1.82, 2.24) is 10.2 Å². The highest BCUT2D eigenvalue weighted by Crippen LogP contribution is 2.69. The molecule has 0 spiro atoms. The number of aromatic hydroxyl groups is 1. The Labute approximate surface area is 172 Å². The lowest BCUT2D eigenvalue weighted by Crippen LogP contribution is -2.72. The number of benzene rings is 1. The normalized spacial score (nSPS) is 28.8. The number of aromatic amines is 1. The van der Waals surface area contributed by atoms with Gasteiger partial charge in [-0.05, 0) is 18.2 Å². The highest BCUT2D eigenvalue weighted by atomic mass is 17.3. The third-order valence-electron chi connectivity index (χ3n) is 6.43. The summed E-state index contributed by atoms with van der Waals surface area (Å²) in [6, 6.07) is 7.49. The van der Waals surface area contributed by atoms with E-state index in [-0.39, 0.29) is 22.0 Å². The lowest BCUT2D eigenvalue weighted by molar-refractivity contribution is -0.626. The van der Waals surface area contributed by atoms with Crippen LogP contribution in [-0.2, 0) is 25.7 Å². The van der Waals surface area contributed by atoms with Crippen molar-refractivity contribution >= 4 is 0 Å². The van der Waals surface area contributed by atoms with Gasteiger partial charge in [-0.2, -0.15) is 9.99 Å². The summed E-state index contributed by atoms with van der Waals surface area (Å²) in [6.45, 7) is 17.5. The Morgan fingerprint density at radius 3 is 2.21 bits per heavy atom. The summed E-state index contributed by atoms with van der Waals surface area (Å²) < 4.78 is 6.24. The average molecular weight is 401 g/mol. The molecule has 2 unspecified atom stereocenters. The SMILES string of the molecule is CC(C)(C)c1cc(-c2ccc(C34OCC(C)(C)C3(C(C)(C)C)OO4)cc2O)n[nH]1. The fourth-order valence-corrected chi connectivity index (χ4v) is 5.03. The predicted octanol–water partition coefficient (Wildman–Crippen LogP) is 5.04. The first kappa shape index (κ1) is 20.4. The maximum Gasteiger partial charge on any atom is 0.261 e. The Morgan fingerprint density at radius 1 is 1.03 bits per heavy atom. The summed E-state index contributed by atoms with van der Waals surface area (Å²) in [5, 5.41) is 18.3. The number of fused-ring (bicyclic) bond motifs is 1. The fourth-order valence-electron chi connectivity index (χ4n) is 5.03. The van der Waals surface area contributed by atoms with Crippen molar-refractivity contribution in [1.29, 1.82) is 0 Å². The van der Waals surface area contributed by atoms with Crippen LogP contribution in [0.3, 0.4) is 0 Å². The van der Waals surface area contributed by atoms with E-state index >= 15 is 0 Å². The van der Waals surface area contributed by atoms with E-state index in [1.54, 1.807) is 6.07 Å². The Balaban J connectivity index is 1.77. The summed E-state index contributed by atoms with van der Waals surface area (Å²) in [5.74, 6) is -0.914. The summed E-state index contributed by atoms with van der Waals surface area (Å²) >= 11 is 0. The minimum absolute atomic E-state index is 0.0491. The van der Waals surface area contributed by atoms with Crippen LogP contribution in [0, 0.1) is 10.8 Å². The molecular formula is C23H32N2O4. The molecule has 0 aliphatic carbocycles. The lowest BCUT2D eigenvalue weighted by Gasteiger charge is -2.61. The molecule has 3 heterocycles. The van der Waals surface area contributed by atoms with Crippen molar-refractivity contribution in [2.24, 2.45) is 10.8 Å². The third-order valence-corrected chi connectivity index (χ3v) is 6.43. The molecule has 2 aliphatic rings. The average Bonchev–Trinajstić information content (AvgIpc) is 3.07. The second-order valence-electron chi connectivity index (χ2n) is 11.0. The van der Waals surface area contributed by atoms with E-state index in [1.165, 1.54) is 0 Å². The number of ether oxygens (including phenoxy) is 1. The van der Waals surface area contributed by atoms with E-state index in [2.05, 4.69) is 65.6 Å². The van der Waals surface area contributed by atoms with Gasteiger partial charge in [-0.3, -0.25) is 5.10 Å². The summed E-state index contributed by atoms with van der Waals surface area (Å²) in [7, 11) is 0. The molecule has 2 saturated heterocycles. The van der Waals surface area contributed by atoms with Gasteiger partial charge in [0.1, 0.15) is 5.75 Å². The van der Waals surface area contributed by atoms with Crippen LogP contribution in [-0.4, -0.2) is 27.5 Å². The number of nitrogens with one attached hydrogen (secondary N) is 1. The number of aromatic nitrogens is 2. The van der Waals surface area contributed by atoms with Crippen LogP contribution >= 0.6 is 0 Å². The minimum atomic E-state index is -1.05. The van der Waals surface area contributed by atoms with Crippen molar-refractivity contribution in [3.63, 3.8) is 0 Å². The van der Waals surface area contributed by atoms with Gasteiger partial charge in [0, 0.05) is 33.1 Å². The first-order valence-corrected chi connectivity index (χ1v) is 10.2. The Hall–Kier alpha value is -1.89. The van der Waals surface area contributed by atoms with Crippen molar-refractivity contribution in [2.45, 2.75) is 72.2 Å². The first-order chi connectivity index (χ1) is 13.3. The molecule has 0 bridgehead atoms. The standard InChI is InChI=1S/C23H32N2O4/c1-19(2,3)18-12-16(24-25-18)15-10-9-14(11-17(15)26)22-23(29-28-22,20(4,5)6)21(7,8)13-27-22/h9-12,26H,13H2,1-8H3,(H,24,25). The Kier molecular flexibility index (Phi) is 4.10. The molecule has 158 valence electrons. The predicted molar refractivity (Wildman–Crippen MR) is 110 cm³/mol. The molecule has 2 fully saturated rings. The molecule has 0 saturated carbocycles. The molecule has 29 heavy (non-hydrogen) atoms. The molecule has 1 aromatic heterocycles. The van der Waals surface area contributed by atoms with Crippen molar-refractivity contribution in [3.05, 3.63) is 35.5 Å². The van der Waals surface area contributed by atoms with E-state index in [1.807, 2.05) is 18.2 Å². The molecule has 0 radical (unpaired) electrons. The molecule has 2 atom stereocenters. The van der Waals surface area contributed by atoms with E-state index in [9.17, 15) is 5.11 Å². The van der Waals surface area contributed by atoms with Gasteiger partial charge in [0.25, 0.3) is 5.79 Å². The topological polar surface area (TPSA) is 76.6 Å². The number of phenolic OH excluding ortho intramolecular Hbond substituents is 1. The van der Waals surface area contributed by atoms with Gasteiger partial charge in [-0.15, -0.1) is 0 Å². The van der Waals surface area contributed by atoms with E-state index < -0.39 is 11.4 Å². The quantitative estimate of drug-likeness (QED) is 0.691. The molecule has 1 aromatic carbocycles. The van der Waals surface area contributed by atoms with Crippen LogP contribution in [0.1, 0.15) is 66.6 Å². The first-order valence-electron chi connectivity index (χ1n) is 10.2. The largest absolute Gasteiger partial charge is 0.507 e. The zero-order valence-electron chi connectivity index (χ0n) is 18.6. The van der Waals surface area contributed by atoms with E-state index in [0.717, 1.165) is 11.3 Å². The number of hydrogen-bond acceptors (Lipinski definition) is 5. The lowest BCUT2D eigenvalue weighted by atomic mass is 9.57. The molecule has 2 aliphatic heterocycles. The highest BCUT2D eigenvalue weighted by Gasteiger charge is 2.81. The zero-order valence-corrected chi connectivity index (χ0v) is 18.6. The summed E-state index contributed by atoms with van der Waals surface area (Å²) in [5.41, 5.74) is 1.90. The maximum atomic E-state index is 10.9. The zero-order chi connectivity index (χ0) is 21.5. The van der Waals surface area contributed by atoms with Crippen LogP contribution in [0.2, 0.25) is 0 Å². The van der Waals surface area contributed by atoms with E-state index in [0.29, 0.717) is 17.9 Å². The van der Waals surface area contributed by atoms with Crippen molar-refractivity contribution in [2.75, 3.05) is 6.61 Å². The van der Waals surface area contributed by atoms with Crippen LogP contribution in [0.15, 0.2) is 24.3 Å². The van der Waals surface area contributed by atoms with Gasteiger partial charge in [-0.1, -0.05) is 61.5 Å². The number of phenols is 1. The van der Waals surface area contributed by atoms with Gasteiger partial charge in [0.2, 0.25) is 0 Å². The minimum Gasteiger partial charge on any atom is -0.507 e. The van der Waals surface area contributed by atoms with Gasteiger partial charge in [0.05, 0.1) is 12.3 Å². The van der Waals surface area contributed by atoms with Crippen LogP contribution in [0.5, 0.6) is 5.75 Å². The molecule has 6 heteroatoms. The molecular weight excluding hydrogens is 368 g/mol. The maximum absolute atomic E-state index is 10.9. The van der Waals surface area contributed by atoms with Gasteiger partial charge in [0.15, 0.2) is 5.60 Å². The van der Waals surface area contributed by atoms with Crippen LogP contribution < -0.4 is 0 Å². The Bertz CT molecular complexity index is 951. The monoisotopic (exact) mass is 400 g/mol. The van der Waals surface area contributed by atoms with Gasteiger partial charge >= 0.3 is 0 Å². The summed E-state index contributed by atoms with van der Waals surface area (Å²) in [4.78, 5) is 11.5. The number of rotatable bonds is 2. The smallest absolute Gasteiger partial charge is 0.261 e. The molecule has 6 nitrogen and oxygen atoms in total.